The molecule has 2 N–H and O–H groups in total. The smallest absolute Gasteiger partial charge is 0.146 e. The maximum atomic E-state index is 5.99. The van der Waals surface area contributed by atoms with Crippen LogP contribution in [0.25, 0.3) is 11.3 Å². The molecule has 0 aliphatic heterocycles. The highest BCUT2D eigenvalue weighted by Crippen LogP contribution is 2.35. The predicted octanol–water partition coefficient (Wildman–Crippen LogP) is 3.20. The van der Waals surface area contributed by atoms with E-state index in [0.717, 1.165) is 10.0 Å². The first-order valence-electron chi connectivity index (χ1n) is 3.68. The lowest BCUT2D eigenvalue weighted by Crippen LogP contribution is -1.94. The fourth-order valence-electron chi connectivity index (χ4n) is 1.02. The molecule has 0 aromatic carbocycles. The number of nitrogens with two attached hydrogens (primary N) is 1. The van der Waals surface area contributed by atoms with Crippen LogP contribution >= 0.6 is 38.9 Å². The third-order valence-electron chi connectivity index (χ3n) is 1.69. The Hall–Kier alpha value is -0.650. The van der Waals surface area contributed by atoms with Crippen LogP contribution in [0, 0.1) is 0 Å². The summed E-state index contributed by atoms with van der Waals surface area (Å²) in [6.45, 7) is 0. The molecule has 0 atom stereocenters. The molecule has 2 rings (SSSR count). The van der Waals surface area contributed by atoms with Gasteiger partial charge in [0.1, 0.15) is 17.2 Å². The lowest BCUT2D eigenvalue weighted by Gasteiger charge is -2.02. The zero-order chi connectivity index (χ0) is 10.1. The van der Waals surface area contributed by atoms with Gasteiger partial charge in [0.15, 0.2) is 0 Å². The molecule has 0 unspecified atom stereocenters. The number of anilines is 1. The minimum Gasteiger partial charge on any atom is -0.382 e. The summed E-state index contributed by atoms with van der Waals surface area (Å²) in [5, 5.41) is 4.31. The summed E-state index contributed by atoms with van der Waals surface area (Å²) in [4.78, 5) is 7.90. The van der Waals surface area contributed by atoms with E-state index < -0.39 is 0 Å². The number of thiophene rings is 1. The van der Waals surface area contributed by atoms with Crippen molar-refractivity contribution in [1.29, 1.82) is 0 Å². The SMILES string of the molecule is Nc1ncnc(-c2cscc2Br)c1Cl. The molecule has 0 saturated carbocycles. The highest BCUT2D eigenvalue weighted by atomic mass is 79.9. The lowest BCUT2D eigenvalue weighted by atomic mass is 10.2. The maximum absolute atomic E-state index is 5.99. The fourth-order valence-corrected chi connectivity index (χ4v) is 2.69. The van der Waals surface area contributed by atoms with Crippen molar-refractivity contribution < 1.29 is 0 Å². The van der Waals surface area contributed by atoms with Gasteiger partial charge in [0.05, 0.1) is 5.69 Å². The van der Waals surface area contributed by atoms with E-state index in [1.165, 1.54) is 6.33 Å². The second-order valence-corrected chi connectivity index (χ2v) is 4.53. The van der Waals surface area contributed by atoms with Gasteiger partial charge in [-0.1, -0.05) is 11.6 Å². The van der Waals surface area contributed by atoms with Gasteiger partial charge in [0.2, 0.25) is 0 Å². The van der Waals surface area contributed by atoms with E-state index in [4.69, 9.17) is 17.3 Å². The summed E-state index contributed by atoms with van der Waals surface area (Å²) in [6.07, 6.45) is 1.40. The Kier molecular flexibility index (Phi) is 2.71. The standard InChI is InChI=1S/C8H5BrClN3S/c9-5-2-14-1-4(5)7-6(10)8(11)13-3-12-7/h1-3H,(H2,11,12,13). The van der Waals surface area contributed by atoms with Crippen LogP contribution in [0.2, 0.25) is 5.02 Å². The molecule has 0 spiro atoms. The number of hydrogen-bond acceptors (Lipinski definition) is 4. The van der Waals surface area contributed by atoms with Crippen LogP contribution in [0.3, 0.4) is 0 Å². The topological polar surface area (TPSA) is 51.8 Å². The van der Waals surface area contributed by atoms with Gasteiger partial charge in [-0.25, -0.2) is 9.97 Å². The molecule has 0 amide bonds. The Bertz CT molecular complexity index is 471. The molecule has 2 heterocycles. The highest BCUT2D eigenvalue weighted by molar-refractivity contribution is 9.10. The van der Waals surface area contributed by atoms with Crippen molar-refractivity contribution in [2.45, 2.75) is 0 Å². The molecule has 0 fully saturated rings. The summed E-state index contributed by atoms with van der Waals surface area (Å²) in [7, 11) is 0. The Morgan fingerprint density at radius 3 is 2.79 bits per heavy atom. The number of halogens is 2. The second-order valence-electron chi connectivity index (χ2n) is 2.55. The number of aromatic nitrogens is 2. The molecule has 0 bridgehead atoms. The van der Waals surface area contributed by atoms with E-state index in [9.17, 15) is 0 Å². The first kappa shape index (κ1) is 9.89. The van der Waals surface area contributed by atoms with Crippen LogP contribution in [-0.2, 0) is 0 Å². The van der Waals surface area contributed by atoms with Crippen molar-refractivity contribution in [2.75, 3.05) is 5.73 Å². The molecule has 0 radical (unpaired) electrons. The average Bonchev–Trinajstić information content (AvgIpc) is 2.57. The maximum Gasteiger partial charge on any atom is 0.146 e. The number of nitrogen functional groups attached to an aromatic ring is 1. The summed E-state index contributed by atoms with van der Waals surface area (Å²) in [6, 6.07) is 0. The van der Waals surface area contributed by atoms with Crippen molar-refractivity contribution in [3.05, 3.63) is 26.6 Å². The van der Waals surface area contributed by atoms with Crippen LogP contribution in [-0.4, -0.2) is 9.97 Å². The summed E-state index contributed by atoms with van der Waals surface area (Å²) >= 11 is 11.0. The molecular formula is C8H5BrClN3S. The van der Waals surface area contributed by atoms with Crippen LogP contribution in [0.15, 0.2) is 21.6 Å². The number of nitrogens with zero attached hydrogens (tertiary/aromatic N) is 2. The van der Waals surface area contributed by atoms with Crippen molar-refractivity contribution in [3.8, 4) is 11.3 Å². The molecule has 0 aliphatic rings. The monoisotopic (exact) mass is 289 g/mol. The van der Waals surface area contributed by atoms with Crippen LogP contribution in [0.5, 0.6) is 0 Å². The van der Waals surface area contributed by atoms with Gasteiger partial charge < -0.3 is 5.73 Å². The van der Waals surface area contributed by atoms with E-state index in [-0.39, 0.29) is 0 Å². The Morgan fingerprint density at radius 1 is 1.36 bits per heavy atom. The summed E-state index contributed by atoms with van der Waals surface area (Å²) in [5.74, 6) is 0.301. The van der Waals surface area contributed by atoms with E-state index in [1.807, 2.05) is 10.8 Å². The Labute approximate surface area is 98.1 Å². The molecular weight excluding hydrogens is 286 g/mol. The zero-order valence-electron chi connectivity index (χ0n) is 6.87. The Morgan fingerprint density at radius 2 is 2.14 bits per heavy atom. The van der Waals surface area contributed by atoms with Gasteiger partial charge in [-0.2, -0.15) is 11.3 Å². The first-order valence-corrected chi connectivity index (χ1v) is 5.79. The first-order chi connectivity index (χ1) is 6.70. The van der Waals surface area contributed by atoms with E-state index >= 15 is 0 Å². The van der Waals surface area contributed by atoms with E-state index in [0.29, 0.717) is 16.5 Å². The number of hydrogen-bond donors (Lipinski definition) is 1. The van der Waals surface area contributed by atoms with Gasteiger partial charge in [-0.05, 0) is 15.9 Å². The molecule has 3 nitrogen and oxygen atoms in total. The molecule has 2 aromatic heterocycles. The molecule has 14 heavy (non-hydrogen) atoms. The normalized spacial score (nSPS) is 10.4. The van der Waals surface area contributed by atoms with Crippen LogP contribution < -0.4 is 5.73 Å². The van der Waals surface area contributed by atoms with Crippen LogP contribution in [0.4, 0.5) is 5.82 Å². The Balaban J connectivity index is 2.63. The largest absolute Gasteiger partial charge is 0.382 e. The second kappa shape index (κ2) is 3.84. The highest BCUT2D eigenvalue weighted by Gasteiger charge is 2.12. The lowest BCUT2D eigenvalue weighted by molar-refractivity contribution is 1.18. The summed E-state index contributed by atoms with van der Waals surface area (Å²) in [5.41, 5.74) is 7.18. The molecule has 0 saturated heterocycles. The third kappa shape index (κ3) is 1.63. The average molecular weight is 291 g/mol. The van der Waals surface area contributed by atoms with Gasteiger partial charge >= 0.3 is 0 Å². The van der Waals surface area contributed by atoms with Crippen molar-refractivity contribution in [1.82, 2.24) is 9.97 Å². The summed E-state index contributed by atoms with van der Waals surface area (Å²) < 4.78 is 0.961. The molecule has 0 aliphatic carbocycles. The number of rotatable bonds is 1. The van der Waals surface area contributed by atoms with Gasteiger partial charge in [0.25, 0.3) is 0 Å². The van der Waals surface area contributed by atoms with E-state index in [1.54, 1.807) is 11.3 Å². The zero-order valence-corrected chi connectivity index (χ0v) is 10.0. The van der Waals surface area contributed by atoms with Crippen molar-refractivity contribution in [3.63, 3.8) is 0 Å². The molecule has 2 aromatic rings. The van der Waals surface area contributed by atoms with Crippen molar-refractivity contribution in [2.24, 2.45) is 0 Å². The molecule has 6 heteroatoms. The molecule has 72 valence electrons. The third-order valence-corrected chi connectivity index (χ3v) is 3.76. The fraction of sp³-hybridized carbons (Fsp3) is 0. The van der Waals surface area contributed by atoms with Gasteiger partial charge in [-0.15, -0.1) is 0 Å². The van der Waals surface area contributed by atoms with Gasteiger partial charge in [0, 0.05) is 20.8 Å². The van der Waals surface area contributed by atoms with Gasteiger partial charge in [-0.3, -0.25) is 0 Å². The van der Waals surface area contributed by atoms with E-state index in [2.05, 4.69) is 25.9 Å². The van der Waals surface area contributed by atoms with Crippen LogP contribution in [0.1, 0.15) is 0 Å². The minimum absolute atomic E-state index is 0.301. The van der Waals surface area contributed by atoms with Crippen molar-refractivity contribution >= 4 is 44.7 Å². The predicted molar refractivity (Wildman–Crippen MR) is 62.5 cm³/mol. The quantitative estimate of drug-likeness (QED) is 0.877. The minimum atomic E-state index is 0.301.